The van der Waals surface area contributed by atoms with Crippen LogP contribution in [0.1, 0.15) is 39.7 Å². The zero-order valence-electron chi connectivity index (χ0n) is 12.0. The molecule has 0 bridgehead atoms. The van der Waals surface area contributed by atoms with Gasteiger partial charge in [-0.15, -0.1) is 0 Å². The minimum absolute atomic E-state index is 0.230. The second kappa shape index (κ2) is 7.06. The second-order valence-electron chi connectivity index (χ2n) is 4.81. The highest BCUT2D eigenvalue weighted by Crippen LogP contribution is 2.26. The number of nitrogens with one attached hydrogen (secondary N) is 1. The fourth-order valence-corrected chi connectivity index (χ4v) is 2.33. The SMILES string of the molecule is CCOC(=O)C(C)(NC(C)CC)c1cccc(Br)c1. The van der Waals surface area contributed by atoms with E-state index in [-0.39, 0.29) is 12.0 Å². The number of carbonyl (C=O) groups excluding carboxylic acids is 1. The molecule has 1 aromatic carbocycles. The van der Waals surface area contributed by atoms with Gasteiger partial charge in [-0.25, -0.2) is 4.79 Å². The lowest BCUT2D eigenvalue weighted by Gasteiger charge is -2.32. The standard InChI is InChI=1S/C15H22BrNO2/c1-5-11(3)17-15(4,14(18)19-6-2)12-8-7-9-13(16)10-12/h7-11,17H,5-6H2,1-4H3. The molecule has 19 heavy (non-hydrogen) atoms. The van der Waals surface area contributed by atoms with Gasteiger partial charge in [0.2, 0.25) is 0 Å². The fraction of sp³-hybridized carbons (Fsp3) is 0.533. The van der Waals surface area contributed by atoms with E-state index in [0.29, 0.717) is 6.61 Å². The number of rotatable bonds is 6. The van der Waals surface area contributed by atoms with E-state index in [4.69, 9.17) is 4.74 Å². The lowest BCUT2D eigenvalue weighted by Crippen LogP contribution is -2.51. The monoisotopic (exact) mass is 327 g/mol. The molecule has 4 heteroatoms. The van der Waals surface area contributed by atoms with Crippen molar-refractivity contribution in [1.29, 1.82) is 0 Å². The van der Waals surface area contributed by atoms with Crippen LogP contribution in [-0.4, -0.2) is 18.6 Å². The first kappa shape index (κ1) is 16.2. The molecule has 0 radical (unpaired) electrons. The highest BCUT2D eigenvalue weighted by molar-refractivity contribution is 9.10. The molecule has 0 aliphatic heterocycles. The number of esters is 1. The van der Waals surface area contributed by atoms with Crippen molar-refractivity contribution in [2.45, 2.75) is 45.7 Å². The number of halogens is 1. The van der Waals surface area contributed by atoms with Gasteiger partial charge in [-0.1, -0.05) is 35.0 Å². The van der Waals surface area contributed by atoms with Gasteiger partial charge in [0.05, 0.1) is 6.61 Å². The molecule has 106 valence electrons. The maximum Gasteiger partial charge on any atom is 0.330 e. The summed E-state index contributed by atoms with van der Waals surface area (Å²) in [6.45, 7) is 8.23. The molecular formula is C15H22BrNO2. The Balaban J connectivity index is 3.14. The average molecular weight is 328 g/mol. The lowest BCUT2D eigenvalue weighted by atomic mass is 9.91. The molecule has 1 aromatic rings. The predicted octanol–water partition coefficient (Wildman–Crippen LogP) is 3.62. The summed E-state index contributed by atoms with van der Waals surface area (Å²) in [6.07, 6.45) is 0.947. The molecular weight excluding hydrogens is 306 g/mol. The zero-order valence-corrected chi connectivity index (χ0v) is 13.6. The van der Waals surface area contributed by atoms with Gasteiger partial charge in [0.1, 0.15) is 5.54 Å². The zero-order chi connectivity index (χ0) is 14.5. The van der Waals surface area contributed by atoms with Crippen molar-refractivity contribution in [2.75, 3.05) is 6.61 Å². The molecule has 1 N–H and O–H groups in total. The van der Waals surface area contributed by atoms with Crippen LogP contribution in [0.15, 0.2) is 28.7 Å². The predicted molar refractivity (Wildman–Crippen MR) is 81.0 cm³/mol. The summed E-state index contributed by atoms with van der Waals surface area (Å²) in [6, 6.07) is 7.99. The summed E-state index contributed by atoms with van der Waals surface area (Å²) >= 11 is 3.45. The molecule has 0 saturated heterocycles. The third-order valence-corrected chi connectivity index (χ3v) is 3.73. The van der Waals surface area contributed by atoms with Gasteiger partial charge in [0, 0.05) is 10.5 Å². The molecule has 2 unspecified atom stereocenters. The number of benzene rings is 1. The van der Waals surface area contributed by atoms with Crippen molar-refractivity contribution >= 4 is 21.9 Å². The van der Waals surface area contributed by atoms with E-state index < -0.39 is 5.54 Å². The first-order chi connectivity index (χ1) is 8.93. The minimum atomic E-state index is -0.824. The Labute approximate surface area is 123 Å². The maximum atomic E-state index is 12.3. The van der Waals surface area contributed by atoms with E-state index in [1.165, 1.54) is 0 Å². The maximum absolute atomic E-state index is 12.3. The highest BCUT2D eigenvalue weighted by atomic mass is 79.9. The summed E-state index contributed by atoms with van der Waals surface area (Å²) in [5.41, 5.74) is 0.0792. The molecule has 1 rings (SSSR count). The van der Waals surface area contributed by atoms with Gasteiger partial charge in [-0.3, -0.25) is 5.32 Å². The molecule has 0 aromatic heterocycles. The Morgan fingerprint density at radius 3 is 2.68 bits per heavy atom. The minimum Gasteiger partial charge on any atom is -0.464 e. The molecule has 0 aliphatic carbocycles. The summed E-state index contributed by atoms with van der Waals surface area (Å²) in [7, 11) is 0. The Morgan fingerprint density at radius 1 is 1.47 bits per heavy atom. The van der Waals surface area contributed by atoms with Gasteiger partial charge in [0.25, 0.3) is 0 Å². The molecule has 0 heterocycles. The van der Waals surface area contributed by atoms with E-state index in [0.717, 1.165) is 16.5 Å². The van der Waals surface area contributed by atoms with Gasteiger partial charge in [-0.2, -0.15) is 0 Å². The Kier molecular flexibility index (Phi) is 6.01. The highest BCUT2D eigenvalue weighted by Gasteiger charge is 2.37. The Bertz CT molecular complexity index is 436. The third kappa shape index (κ3) is 4.05. The van der Waals surface area contributed by atoms with Crippen LogP contribution in [-0.2, 0) is 15.1 Å². The van der Waals surface area contributed by atoms with Gasteiger partial charge in [0.15, 0.2) is 0 Å². The van der Waals surface area contributed by atoms with Gasteiger partial charge >= 0.3 is 5.97 Å². The van der Waals surface area contributed by atoms with Crippen LogP contribution in [0.4, 0.5) is 0 Å². The van der Waals surface area contributed by atoms with E-state index in [9.17, 15) is 4.79 Å². The normalized spacial score (nSPS) is 15.6. The third-order valence-electron chi connectivity index (χ3n) is 3.23. The summed E-state index contributed by atoms with van der Waals surface area (Å²) in [5.74, 6) is -0.242. The quantitative estimate of drug-likeness (QED) is 0.811. The van der Waals surface area contributed by atoms with Crippen LogP contribution in [0.25, 0.3) is 0 Å². The van der Waals surface area contributed by atoms with Crippen molar-refractivity contribution in [3.8, 4) is 0 Å². The van der Waals surface area contributed by atoms with Crippen LogP contribution in [0, 0.1) is 0 Å². The fourth-order valence-electron chi connectivity index (χ4n) is 1.93. The van der Waals surface area contributed by atoms with Crippen LogP contribution in [0.5, 0.6) is 0 Å². The number of ether oxygens (including phenoxy) is 1. The largest absolute Gasteiger partial charge is 0.464 e. The number of carbonyl (C=O) groups is 1. The first-order valence-electron chi connectivity index (χ1n) is 6.65. The van der Waals surface area contributed by atoms with Crippen LogP contribution >= 0.6 is 15.9 Å². The first-order valence-corrected chi connectivity index (χ1v) is 7.44. The molecule has 0 amide bonds. The van der Waals surface area contributed by atoms with E-state index in [1.54, 1.807) is 0 Å². The topological polar surface area (TPSA) is 38.3 Å². The van der Waals surface area contributed by atoms with Crippen LogP contribution in [0.3, 0.4) is 0 Å². The van der Waals surface area contributed by atoms with Gasteiger partial charge < -0.3 is 4.74 Å². The second-order valence-corrected chi connectivity index (χ2v) is 5.73. The average Bonchev–Trinajstić information content (AvgIpc) is 2.38. The summed E-state index contributed by atoms with van der Waals surface area (Å²) in [5, 5.41) is 3.38. The number of hydrogen-bond acceptors (Lipinski definition) is 3. The number of hydrogen-bond donors (Lipinski definition) is 1. The Hall–Kier alpha value is -0.870. The lowest BCUT2D eigenvalue weighted by molar-refractivity contribution is -0.151. The van der Waals surface area contributed by atoms with Crippen molar-refractivity contribution in [3.63, 3.8) is 0 Å². The van der Waals surface area contributed by atoms with Crippen LogP contribution < -0.4 is 5.32 Å². The van der Waals surface area contributed by atoms with E-state index in [2.05, 4.69) is 35.1 Å². The molecule has 0 fully saturated rings. The smallest absolute Gasteiger partial charge is 0.330 e. The molecule has 0 saturated carbocycles. The Morgan fingerprint density at radius 2 is 2.16 bits per heavy atom. The molecule has 2 atom stereocenters. The van der Waals surface area contributed by atoms with Crippen molar-refractivity contribution in [2.24, 2.45) is 0 Å². The molecule has 3 nitrogen and oxygen atoms in total. The molecule has 0 aliphatic rings. The van der Waals surface area contributed by atoms with Crippen molar-refractivity contribution < 1.29 is 9.53 Å². The van der Waals surface area contributed by atoms with E-state index >= 15 is 0 Å². The summed E-state index contributed by atoms with van der Waals surface area (Å²) < 4.78 is 6.18. The van der Waals surface area contributed by atoms with Gasteiger partial charge in [-0.05, 0) is 44.9 Å². The molecule has 0 spiro atoms. The summed E-state index contributed by atoms with van der Waals surface area (Å²) in [4.78, 5) is 12.3. The van der Waals surface area contributed by atoms with Crippen LogP contribution in [0.2, 0.25) is 0 Å². The van der Waals surface area contributed by atoms with Crippen molar-refractivity contribution in [1.82, 2.24) is 5.32 Å². The van der Waals surface area contributed by atoms with Crippen molar-refractivity contribution in [3.05, 3.63) is 34.3 Å². The van der Waals surface area contributed by atoms with E-state index in [1.807, 2.05) is 38.1 Å².